The molecule has 1 rings (SSSR count). The summed E-state index contributed by atoms with van der Waals surface area (Å²) in [5.74, 6) is 0.551. The fourth-order valence-electron chi connectivity index (χ4n) is 1.89. The molecular formula is C14H24N4. The monoisotopic (exact) mass is 248 g/mol. The van der Waals surface area contributed by atoms with Crippen LogP contribution in [0.25, 0.3) is 5.70 Å². The van der Waals surface area contributed by atoms with Gasteiger partial charge in [-0.25, -0.2) is 0 Å². The van der Waals surface area contributed by atoms with Gasteiger partial charge in [0.1, 0.15) is 0 Å². The fourth-order valence-corrected chi connectivity index (χ4v) is 1.89. The van der Waals surface area contributed by atoms with Crippen molar-refractivity contribution in [2.45, 2.75) is 33.6 Å². The molecule has 0 saturated heterocycles. The van der Waals surface area contributed by atoms with Gasteiger partial charge in [0.2, 0.25) is 0 Å². The largest absolute Gasteiger partial charge is 0.316 e. The first-order valence-electron chi connectivity index (χ1n) is 6.59. The summed E-state index contributed by atoms with van der Waals surface area (Å²) in [5.41, 5.74) is 2.41. The van der Waals surface area contributed by atoms with E-state index in [1.54, 1.807) is 17.2 Å². The van der Waals surface area contributed by atoms with Crippen molar-refractivity contribution in [1.29, 1.82) is 0 Å². The van der Waals surface area contributed by atoms with Gasteiger partial charge in [-0.3, -0.25) is 0 Å². The number of likely N-dealkylation sites (N-methyl/N-ethyl adjacent to an activating group) is 1. The summed E-state index contributed by atoms with van der Waals surface area (Å²) in [7, 11) is 1.94. The maximum atomic E-state index is 4.23. The van der Waals surface area contributed by atoms with Crippen molar-refractivity contribution in [3.05, 3.63) is 30.1 Å². The molecule has 100 valence electrons. The standard InChI is InChI=1S/C14H24N4/c1-5-7-12(2)13(3)14(8-6-9-15-4)18-16-10-11-17-18/h6,8,10-12,15H,5,7,9H2,1-4H3. The summed E-state index contributed by atoms with van der Waals surface area (Å²) < 4.78 is 0. The highest BCUT2D eigenvalue weighted by molar-refractivity contribution is 5.59. The minimum Gasteiger partial charge on any atom is -0.316 e. The normalized spacial score (nSPS) is 14.9. The zero-order valence-electron chi connectivity index (χ0n) is 11.8. The predicted octanol–water partition coefficient (Wildman–Crippen LogP) is 2.72. The van der Waals surface area contributed by atoms with Gasteiger partial charge in [-0.15, -0.1) is 0 Å². The van der Waals surface area contributed by atoms with Crippen LogP contribution in [-0.4, -0.2) is 28.6 Å². The molecule has 0 radical (unpaired) electrons. The van der Waals surface area contributed by atoms with Crippen molar-refractivity contribution in [2.24, 2.45) is 5.92 Å². The van der Waals surface area contributed by atoms with E-state index in [9.17, 15) is 0 Å². The Morgan fingerprint density at radius 2 is 2.06 bits per heavy atom. The number of rotatable bonds is 7. The molecule has 1 atom stereocenters. The number of hydrogen-bond donors (Lipinski definition) is 1. The van der Waals surface area contributed by atoms with Gasteiger partial charge in [0.05, 0.1) is 18.1 Å². The second-order valence-corrected chi connectivity index (χ2v) is 4.54. The third-order valence-corrected chi connectivity index (χ3v) is 3.10. The van der Waals surface area contributed by atoms with Crippen LogP contribution < -0.4 is 5.32 Å². The molecule has 0 bridgehead atoms. The van der Waals surface area contributed by atoms with Crippen molar-refractivity contribution >= 4 is 5.70 Å². The van der Waals surface area contributed by atoms with Crippen molar-refractivity contribution in [3.8, 4) is 0 Å². The topological polar surface area (TPSA) is 42.7 Å². The van der Waals surface area contributed by atoms with E-state index in [2.05, 4.69) is 48.4 Å². The van der Waals surface area contributed by atoms with Crippen LogP contribution in [0, 0.1) is 5.92 Å². The molecule has 1 aromatic rings. The number of aromatic nitrogens is 3. The molecule has 0 aliphatic rings. The summed E-state index contributed by atoms with van der Waals surface area (Å²) in [4.78, 5) is 1.70. The maximum absolute atomic E-state index is 4.23. The highest BCUT2D eigenvalue weighted by Gasteiger charge is 2.10. The molecule has 1 N–H and O–H groups in total. The summed E-state index contributed by atoms with van der Waals surface area (Å²) in [6.07, 6.45) is 10.0. The Labute approximate surface area is 110 Å². The maximum Gasteiger partial charge on any atom is 0.0845 e. The van der Waals surface area contributed by atoms with Gasteiger partial charge in [-0.2, -0.15) is 15.0 Å². The average molecular weight is 248 g/mol. The first-order valence-corrected chi connectivity index (χ1v) is 6.59. The number of allylic oxidation sites excluding steroid dienone is 3. The lowest BCUT2D eigenvalue weighted by atomic mass is 9.96. The van der Waals surface area contributed by atoms with E-state index < -0.39 is 0 Å². The van der Waals surface area contributed by atoms with Crippen LogP contribution in [0.15, 0.2) is 30.1 Å². The summed E-state index contributed by atoms with van der Waals surface area (Å²) in [6.45, 7) is 7.49. The molecule has 1 unspecified atom stereocenters. The van der Waals surface area contributed by atoms with E-state index in [1.807, 2.05) is 7.05 Å². The first kappa shape index (κ1) is 14.6. The second kappa shape index (κ2) is 7.82. The van der Waals surface area contributed by atoms with Gasteiger partial charge >= 0.3 is 0 Å². The first-order chi connectivity index (χ1) is 8.70. The van der Waals surface area contributed by atoms with Crippen molar-refractivity contribution in [2.75, 3.05) is 13.6 Å². The van der Waals surface area contributed by atoms with E-state index in [4.69, 9.17) is 0 Å². The Kier molecular flexibility index (Phi) is 6.36. The van der Waals surface area contributed by atoms with Gasteiger partial charge in [-0.05, 0) is 38.0 Å². The van der Waals surface area contributed by atoms with Crippen LogP contribution in [0.3, 0.4) is 0 Å². The Morgan fingerprint density at radius 1 is 1.39 bits per heavy atom. The van der Waals surface area contributed by atoms with Crippen molar-refractivity contribution < 1.29 is 0 Å². The lowest BCUT2D eigenvalue weighted by molar-refractivity contribution is 0.596. The molecule has 4 heteroatoms. The fraction of sp³-hybridized carbons (Fsp3) is 0.571. The molecule has 0 fully saturated rings. The molecule has 0 amide bonds. The molecule has 4 nitrogen and oxygen atoms in total. The Morgan fingerprint density at radius 3 is 2.61 bits per heavy atom. The molecule has 0 aliphatic heterocycles. The lowest BCUT2D eigenvalue weighted by Gasteiger charge is -2.14. The molecule has 0 aliphatic carbocycles. The number of nitrogens with zero attached hydrogens (tertiary/aromatic N) is 3. The Hall–Kier alpha value is -1.42. The second-order valence-electron chi connectivity index (χ2n) is 4.54. The highest BCUT2D eigenvalue weighted by Crippen LogP contribution is 2.22. The molecule has 0 saturated carbocycles. The summed E-state index contributed by atoms with van der Waals surface area (Å²) in [5, 5.41) is 11.6. The van der Waals surface area contributed by atoms with E-state index in [1.165, 1.54) is 18.4 Å². The SMILES string of the molecule is CCCC(C)C(C)=C(C=CCNC)n1nccn1. The zero-order valence-corrected chi connectivity index (χ0v) is 11.8. The molecule has 1 heterocycles. The van der Waals surface area contributed by atoms with Gasteiger partial charge in [-0.1, -0.05) is 26.3 Å². The van der Waals surface area contributed by atoms with Crippen LogP contribution in [0.4, 0.5) is 0 Å². The van der Waals surface area contributed by atoms with E-state index >= 15 is 0 Å². The van der Waals surface area contributed by atoms with Crippen LogP contribution >= 0.6 is 0 Å². The summed E-state index contributed by atoms with van der Waals surface area (Å²) >= 11 is 0. The van der Waals surface area contributed by atoms with E-state index in [0.717, 1.165) is 12.2 Å². The molecule has 0 spiro atoms. The zero-order chi connectivity index (χ0) is 13.4. The van der Waals surface area contributed by atoms with Gasteiger partial charge in [0, 0.05) is 6.54 Å². The third kappa shape index (κ3) is 4.11. The lowest BCUT2D eigenvalue weighted by Crippen LogP contribution is -2.08. The number of nitrogens with one attached hydrogen (secondary N) is 1. The smallest absolute Gasteiger partial charge is 0.0845 e. The highest BCUT2D eigenvalue weighted by atomic mass is 15.5. The van der Waals surface area contributed by atoms with Gasteiger partial charge < -0.3 is 5.32 Å². The summed E-state index contributed by atoms with van der Waals surface area (Å²) in [6, 6.07) is 0. The predicted molar refractivity (Wildman–Crippen MR) is 76.1 cm³/mol. The van der Waals surface area contributed by atoms with Crippen LogP contribution in [0.2, 0.25) is 0 Å². The quantitative estimate of drug-likeness (QED) is 0.754. The molecule has 0 aromatic carbocycles. The van der Waals surface area contributed by atoms with Crippen molar-refractivity contribution in [3.63, 3.8) is 0 Å². The molecule has 18 heavy (non-hydrogen) atoms. The minimum absolute atomic E-state index is 0.551. The van der Waals surface area contributed by atoms with Crippen LogP contribution in [-0.2, 0) is 0 Å². The molecule has 1 aromatic heterocycles. The molecular weight excluding hydrogens is 224 g/mol. The van der Waals surface area contributed by atoms with Gasteiger partial charge in [0.25, 0.3) is 0 Å². The Bertz CT molecular complexity index is 390. The van der Waals surface area contributed by atoms with Crippen molar-refractivity contribution in [1.82, 2.24) is 20.3 Å². The minimum atomic E-state index is 0.551. The van der Waals surface area contributed by atoms with Gasteiger partial charge in [0.15, 0.2) is 0 Å². The van der Waals surface area contributed by atoms with Crippen LogP contribution in [0.1, 0.15) is 33.6 Å². The number of hydrogen-bond acceptors (Lipinski definition) is 3. The Balaban J connectivity index is 2.99. The van der Waals surface area contributed by atoms with E-state index in [0.29, 0.717) is 5.92 Å². The average Bonchev–Trinajstić information content (AvgIpc) is 2.88. The third-order valence-electron chi connectivity index (χ3n) is 3.10. The van der Waals surface area contributed by atoms with E-state index in [-0.39, 0.29) is 0 Å². The van der Waals surface area contributed by atoms with Crippen LogP contribution in [0.5, 0.6) is 0 Å².